The van der Waals surface area contributed by atoms with Crippen LogP contribution in [0.1, 0.15) is 55.7 Å². The second kappa shape index (κ2) is 13.5. The minimum Gasteiger partial charge on any atom is -0.352 e. The van der Waals surface area contributed by atoms with Crippen molar-refractivity contribution in [2.45, 2.75) is 76.4 Å². The molecule has 3 aromatic rings. The maximum Gasteiger partial charge on any atom is 0.264 e. The Morgan fingerprint density at radius 2 is 1.56 bits per heavy atom. The highest BCUT2D eigenvalue weighted by atomic mass is 35.5. The highest BCUT2D eigenvalue weighted by Crippen LogP contribution is 2.26. The third-order valence-corrected chi connectivity index (χ3v) is 9.76. The number of nitrogens with zero attached hydrogens (tertiary/aromatic N) is 2. The summed E-state index contributed by atoms with van der Waals surface area (Å²) in [5.41, 5.74) is 3.18. The minimum absolute atomic E-state index is 0.0174. The molecule has 1 aliphatic rings. The molecule has 0 saturated heterocycles. The molecule has 2 amide bonds. The molecule has 3 aromatic carbocycles. The van der Waals surface area contributed by atoms with Gasteiger partial charge in [0.1, 0.15) is 12.6 Å². The van der Waals surface area contributed by atoms with Crippen LogP contribution >= 0.6 is 11.6 Å². The van der Waals surface area contributed by atoms with Crippen molar-refractivity contribution in [1.29, 1.82) is 0 Å². The van der Waals surface area contributed by atoms with Gasteiger partial charge in [-0.2, -0.15) is 0 Å². The van der Waals surface area contributed by atoms with E-state index >= 15 is 0 Å². The van der Waals surface area contributed by atoms with Gasteiger partial charge in [0, 0.05) is 17.6 Å². The van der Waals surface area contributed by atoms with Gasteiger partial charge in [-0.15, -0.1) is 0 Å². The lowest BCUT2D eigenvalue weighted by Gasteiger charge is -2.33. The second-order valence-corrected chi connectivity index (χ2v) is 13.1. The zero-order valence-corrected chi connectivity index (χ0v) is 25.4. The summed E-state index contributed by atoms with van der Waals surface area (Å²) >= 11 is 6.02. The Hall–Kier alpha value is -3.36. The molecule has 0 aliphatic heterocycles. The van der Waals surface area contributed by atoms with Crippen LogP contribution in [-0.2, 0) is 26.2 Å². The Labute approximate surface area is 248 Å². The molecule has 1 atom stereocenters. The largest absolute Gasteiger partial charge is 0.352 e. The summed E-state index contributed by atoms with van der Waals surface area (Å²) in [7, 11) is -4.14. The Bertz CT molecular complexity index is 1450. The smallest absolute Gasteiger partial charge is 0.264 e. The predicted molar refractivity (Wildman–Crippen MR) is 163 cm³/mol. The molecule has 7 nitrogen and oxygen atoms in total. The van der Waals surface area contributed by atoms with Crippen LogP contribution in [-0.4, -0.2) is 43.8 Å². The highest BCUT2D eigenvalue weighted by molar-refractivity contribution is 7.92. The minimum atomic E-state index is -4.14. The molecule has 0 heterocycles. The van der Waals surface area contributed by atoms with E-state index in [2.05, 4.69) is 5.32 Å². The monoisotopic (exact) mass is 595 g/mol. The maximum atomic E-state index is 14.1. The first kappa shape index (κ1) is 30.6. The van der Waals surface area contributed by atoms with Crippen molar-refractivity contribution < 1.29 is 18.0 Å². The van der Waals surface area contributed by atoms with Gasteiger partial charge in [-0.3, -0.25) is 13.9 Å². The SMILES string of the molecule is Cc1ccc(N(CC(=O)N(Cc2ccccc2C)C(C)C(=O)NC2CCCCC2)S(=O)(=O)c2ccc(Cl)cc2)cc1. The summed E-state index contributed by atoms with van der Waals surface area (Å²) in [5, 5.41) is 3.54. The molecule has 1 fully saturated rings. The first-order valence-electron chi connectivity index (χ1n) is 14.1. The van der Waals surface area contributed by atoms with Gasteiger partial charge in [0.2, 0.25) is 11.8 Å². The Morgan fingerprint density at radius 3 is 2.20 bits per heavy atom. The van der Waals surface area contributed by atoms with Gasteiger partial charge in [0.15, 0.2) is 0 Å². The number of nitrogens with one attached hydrogen (secondary N) is 1. The van der Waals surface area contributed by atoms with Gasteiger partial charge in [0.25, 0.3) is 10.0 Å². The number of aryl methyl sites for hydroxylation is 2. The summed E-state index contributed by atoms with van der Waals surface area (Å²) in [6.07, 6.45) is 5.14. The number of amides is 2. The third kappa shape index (κ3) is 7.68. The Kier molecular flexibility index (Phi) is 10.1. The van der Waals surface area contributed by atoms with E-state index in [4.69, 9.17) is 11.6 Å². The first-order valence-corrected chi connectivity index (χ1v) is 15.9. The molecule has 0 bridgehead atoms. The van der Waals surface area contributed by atoms with Crippen molar-refractivity contribution in [2.75, 3.05) is 10.8 Å². The van der Waals surface area contributed by atoms with E-state index in [9.17, 15) is 18.0 Å². The fourth-order valence-electron chi connectivity index (χ4n) is 5.10. The molecule has 0 spiro atoms. The maximum absolute atomic E-state index is 14.1. The molecule has 0 radical (unpaired) electrons. The summed E-state index contributed by atoms with van der Waals surface area (Å²) in [4.78, 5) is 29.0. The van der Waals surface area contributed by atoms with Crippen molar-refractivity contribution in [3.05, 3.63) is 94.5 Å². The second-order valence-electron chi connectivity index (χ2n) is 10.8. The van der Waals surface area contributed by atoms with E-state index in [1.54, 1.807) is 31.2 Å². The quantitative estimate of drug-likeness (QED) is 0.311. The topological polar surface area (TPSA) is 86.8 Å². The fourth-order valence-corrected chi connectivity index (χ4v) is 6.64. The third-order valence-electron chi connectivity index (χ3n) is 7.72. The van der Waals surface area contributed by atoms with Gasteiger partial charge < -0.3 is 10.2 Å². The van der Waals surface area contributed by atoms with E-state index in [1.807, 2.05) is 38.1 Å². The number of carbonyl (C=O) groups excluding carboxylic acids is 2. The zero-order chi connectivity index (χ0) is 29.6. The number of benzene rings is 3. The molecule has 1 saturated carbocycles. The number of hydrogen-bond donors (Lipinski definition) is 1. The number of sulfonamides is 1. The molecule has 41 heavy (non-hydrogen) atoms. The lowest BCUT2D eigenvalue weighted by atomic mass is 9.95. The van der Waals surface area contributed by atoms with Crippen molar-refractivity contribution in [3.63, 3.8) is 0 Å². The molecule has 1 aliphatic carbocycles. The number of carbonyl (C=O) groups is 2. The average Bonchev–Trinajstić information content (AvgIpc) is 2.96. The first-order chi connectivity index (χ1) is 19.6. The summed E-state index contributed by atoms with van der Waals surface area (Å²) in [5.74, 6) is -0.709. The molecule has 9 heteroatoms. The number of anilines is 1. The predicted octanol–water partition coefficient (Wildman–Crippen LogP) is 6.02. The highest BCUT2D eigenvalue weighted by Gasteiger charge is 2.33. The molecule has 0 aromatic heterocycles. The van der Waals surface area contributed by atoms with E-state index in [-0.39, 0.29) is 23.4 Å². The van der Waals surface area contributed by atoms with Crippen molar-refractivity contribution in [3.8, 4) is 0 Å². The lowest BCUT2D eigenvalue weighted by Crippen LogP contribution is -2.53. The van der Waals surface area contributed by atoms with Crippen LogP contribution in [0, 0.1) is 13.8 Å². The molecule has 1 unspecified atom stereocenters. The molecular weight excluding hydrogens is 558 g/mol. The fraction of sp³-hybridized carbons (Fsp3) is 0.375. The van der Waals surface area contributed by atoms with Crippen molar-refractivity contribution >= 4 is 39.1 Å². The molecule has 1 N–H and O–H groups in total. The number of rotatable bonds is 10. The van der Waals surface area contributed by atoms with Gasteiger partial charge in [-0.05, 0) is 81.1 Å². The van der Waals surface area contributed by atoms with Gasteiger partial charge in [-0.25, -0.2) is 8.42 Å². The summed E-state index contributed by atoms with van der Waals surface area (Å²) in [6, 6.07) is 19.8. The summed E-state index contributed by atoms with van der Waals surface area (Å²) < 4.78 is 28.9. The van der Waals surface area contributed by atoms with Crippen LogP contribution in [0.15, 0.2) is 77.7 Å². The zero-order valence-electron chi connectivity index (χ0n) is 23.8. The Morgan fingerprint density at radius 1 is 0.927 bits per heavy atom. The van der Waals surface area contributed by atoms with E-state index < -0.39 is 28.5 Å². The standard InChI is InChI=1S/C32H38ClN3O4S/c1-23-13-17-29(18-14-23)36(41(39,40)30-19-15-27(33)16-20-30)22-31(37)35(21-26-10-8-7-9-24(26)2)25(3)32(38)34-28-11-5-4-6-12-28/h7-10,13-20,25,28H,4-6,11-12,21-22H2,1-3H3,(H,34,38). The normalized spacial score (nSPS) is 14.7. The molecule has 218 valence electrons. The number of halogens is 1. The van der Waals surface area contributed by atoms with Crippen LogP contribution in [0.3, 0.4) is 0 Å². The van der Waals surface area contributed by atoms with E-state index in [1.165, 1.54) is 29.2 Å². The lowest BCUT2D eigenvalue weighted by molar-refractivity contribution is -0.139. The summed E-state index contributed by atoms with van der Waals surface area (Å²) in [6.45, 7) is 5.27. The van der Waals surface area contributed by atoms with Gasteiger partial charge in [-0.1, -0.05) is 72.8 Å². The van der Waals surface area contributed by atoms with Crippen LogP contribution in [0.2, 0.25) is 5.02 Å². The van der Waals surface area contributed by atoms with E-state index in [0.717, 1.165) is 53.1 Å². The van der Waals surface area contributed by atoms with E-state index in [0.29, 0.717) is 10.7 Å². The van der Waals surface area contributed by atoms with Crippen LogP contribution in [0.25, 0.3) is 0 Å². The van der Waals surface area contributed by atoms with Crippen molar-refractivity contribution in [1.82, 2.24) is 10.2 Å². The Balaban J connectivity index is 1.68. The number of hydrogen-bond acceptors (Lipinski definition) is 4. The molecule has 4 rings (SSSR count). The van der Waals surface area contributed by atoms with Gasteiger partial charge in [0.05, 0.1) is 10.6 Å². The van der Waals surface area contributed by atoms with Crippen LogP contribution < -0.4 is 9.62 Å². The average molecular weight is 596 g/mol. The van der Waals surface area contributed by atoms with Gasteiger partial charge >= 0.3 is 0 Å². The van der Waals surface area contributed by atoms with Crippen molar-refractivity contribution in [2.24, 2.45) is 0 Å². The van der Waals surface area contributed by atoms with Crippen LogP contribution in [0.5, 0.6) is 0 Å². The van der Waals surface area contributed by atoms with Crippen LogP contribution in [0.4, 0.5) is 5.69 Å². The molecular formula is C32H38ClN3O4S.